The van der Waals surface area contributed by atoms with Crippen molar-refractivity contribution in [2.24, 2.45) is 0 Å². The topological polar surface area (TPSA) is 50.9 Å². The molecule has 0 atom stereocenters. The Hall–Kier alpha value is -1.16. The van der Waals surface area contributed by atoms with E-state index in [1.807, 2.05) is 13.0 Å². The highest BCUT2D eigenvalue weighted by Gasteiger charge is 2.08. The smallest absolute Gasteiger partial charge is 0.153 e. The molecule has 2 rings (SSSR count). The zero-order valence-electron chi connectivity index (χ0n) is 9.47. The van der Waals surface area contributed by atoms with Crippen molar-refractivity contribution in [3.8, 4) is 0 Å². The van der Waals surface area contributed by atoms with Crippen molar-refractivity contribution in [1.82, 2.24) is 4.98 Å². The molecule has 0 saturated carbocycles. The Morgan fingerprint density at radius 2 is 1.72 bits per heavy atom. The number of aryl methyl sites for hydroxylation is 1. The van der Waals surface area contributed by atoms with E-state index in [0.29, 0.717) is 32.3 Å². The van der Waals surface area contributed by atoms with Crippen LogP contribution in [0, 0.1) is 6.92 Å². The Morgan fingerprint density at radius 3 is 2.44 bits per heavy atom. The molecule has 0 aliphatic carbocycles. The number of rotatable bonds is 2. The van der Waals surface area contributed by atoms with E-state index in [-0.39, 0.29) is 0 Å². The minimum Gasteiger partial charge on any atom is -0.396 e. The molecule has 0 unspecified atom stereocenters. The highest BCUT2D eigenvalue weighted by Crippen LogP contribution is 2.34. The lowest BCUT2D eigenvalue weighted by molar-refractivity contribution is 1.20. The second-order valence-electron chi connectivity index (χ2n) is 3.76. The van der Waals surface area contributed by atoms with Gasteiger partial charge >= 0.3 is 0 Å². The van der Waals surface area contributed by atoms with Gasteiger partial charge in [0.05, 0.1) is 26.4 Å². The first kappa shape index (κ1) is 13.3. The minimum absolute atomic E-state index is 0.400. The number of nitrogens with two attached hydrogens (primary N) is 1. The zero-order chi connectivity index (χ0) is 13.3. The van der Waals surface area contributed by atoms with Crippen molar-refractivity contribution < 1.29 is 0 Å². The first-order chi connectivity index (χ1) is 8.47. The quantitative estimate of drug-likeness (QED) is 0.792. The van der Waals surface area contributed by atoms with Gasteiger partial charge in [-0.25, -0.2) is 4.98 Å². The molecule has 0 amide bonds. The third-order valence-electron chi connectivity index (χ3n) is 2.33. The summed E-state index contributed by atoms with van der Waals surface area (Å²) in [4.78, 5) is 4.29. The minimum atomic E-state index is 0.400. The van der Waals surface area contributed by atoms with E-state index >= 15 is 0 Å². The van der Waals surface area contributed by atoms with Crippen LogP contribution in [0.5, 0.6) is 0 Å². The van der Waals surface area contributed by atoms with Gasteiger partial charge in [0.2, 0.25) is 0 Å². The third-order valence-corrected chi connectivity index (χ3v) is 3.36. The number of nitrogens with one attached hydrogen (secondary N) is 1. The second kappa shape index (κ2) is 5.22. The van der Waals surface area contributed by atoms with E-state index in [9.17, 15) is 0 Å². The number of benzene rings is 1. The fourth-order valence-electron chi connectivity index (χ4n) is 1.41. The van der Waals surface area contributed by atoms with Gasteiger partial charge in [0.1, 0.15) is 0 Å². The lowest BCUT2D eigenvalue weighted by atomic mass is 10.3. The number of hydrogen-bond acceptors (Lipinski definition) is 3. The van der Waals surface area contributed by atoms with Crippen molar-refractivity contribution in [2.75, 3.05) is 11.1 Å². The summed E-state index contributed by atoms with van der Waals surface area (Å²) >= 11 is 17.9. The predicted octanol–water partition coefficient (Wildman–Crippen LogP) is 4.68. The number of nitrogens with zero attached hydrogens (tertiary/aromatic N) is 1. The molecule has 94 valence electrons. The van der Waals surface area contributed by atoms with E-state index in [1.165, 1.54) is 0 Å². The van der Waals surface area contributed by atoms with Crippen molar-refractivity contribution in [3.63, 3.8) is 0 Å². The van der Waals surface area contributed by atoms with Crippen LogP contribution in [0.4, 0.5) is 17.2 Å². The molecule has 3 nitrogen and oxygen atoms in total. The van der Waals surface area contributed by atoms with Crippen LogP contribution in [-0.2, 0) is 0 Å². The molecule has 0 aliphatic heterocycles. The SMILES string of the molecule is Cc1ccc(N)c(Nc2cc(Cl)c(Cl)cc2Cl)n1. The normalized spacial score (nSPS) is 10.4. The average molecular weight is 303 g/mol. The lowest BCUT2D eigenvalue weighted by Crippen LogP contribution is -2.00. The van der Waals surface area contributed by atoms with Gasteiger partial charge in [-0.15, -0.1) is 0 Å². The van der Waals surface area contributed by atoms with Crippen molar-refractivity contribution in [2.45, 2.75) is 6.92 Å². The molecule has 3 N–H and O–H groups in total. The fraction of sp³-hybridized carbons (Fsp3) is 0.0833. The number of hydrogen-bond donors (Lipinski definition) is 2. The fourth-order valence-corrected chi connectivity index (χ4v) is 2.01. The van der Waals surface area contributed by atoms with Gasteiger partial charge in [-0.1, -0.05) is 34.8 Å². The Bertz CT molecular complexity index is 599. The van der Waals surface area contributed by atoms with Gasteiger partial charge in [-0.2, -0.15) is 0 Å². The van der Waals surface area contributed by atoms with E-state index in [1.54, 1.807) is 18.2 Å². The molecule has 0 spiro atoms. The van der Waals surface area contributed by atoms with Crippen LogP contribution in [0.25, 0.3) is 0 Å². The Kier molecular flexibility index (Phi) is 3.85. The van der Waals surface area contributed by atoms with Gasteiger partial charge in [0.25, 0.3) is 0 Å². The summed E-state index contributed by atoms with van der Waals surface area (Å²) in [6, 6.07) is 6.81. The maximum Gasteiger partial charge on any atom is 0.153 e. The van der Waals surface area contributed by atoms with Crippen LogP contribution in [-0.4, -0.2) is 4.98 Å². The molecule has 0 aliphatic rings. The summed E-state index contributed by atoms with van der Waals surface area (Å²) in [6.45, 7) is 1.88. The summed E-state index contributed by atoms with van der Waals surface area (Å²) in [5, 5.41) is 4.30. The van der Waals surface area contributed by atoms with Crippen molar-refractivity contribution in [3.05, 3.63) is 45.0 Å². The molecule has 0 fully saturated rings. The average Bonchev–Trinajstić information content (AvgIpc) is 2.30. The van der Waals surface area contributed by atoms with Crippen LogP contribution in [0.1, 0.15) is 5.69 Å². The standard InChI is InChI=1S/C12H10Cl3N3/c1-6-2-3-10(16)12(17-6)18-11-5-8(14)7(13)4-9(11)15/h2-5H,16H2,1H3,(H,17,18). The van der Waals surface area contributed by atoms with Crippen molar-refractivity contribution in [1.29, 1.82) is 0 Å². The molecular formula is C12H10Cl3N3. The van der Waals surface area contributed by atoms with Crippen LogP contribution < -0.4 is 11.1 Å². The second-order valence-corrected chi connectivity index (χ2v) is 4.98. The third kappa shape index (κ3) is 2.80. The summed E-state index contributed by atoms with van der Waals surface area (Å²) < 4.78 is 0. The maximum absolute atomic E-state index is 6.07. The molecule has 0 radical (unpaired) electrons. The Labute approximate surface area is 120 Å². The number of anilines is 3. The summed E-state index contributed by atoms with van der Waals surface area (Å²) in [5.41, 5.74) is 7.82. The molecule has 1 aromatic carbocycles. The summed E-state index contributed by atoms with van der Waals surface area (Å²) in [7, 11) is 0. The highest BCUT2D eigenvalue weighted by molar-refractivity contribution is 6.44. The molecule has 18 heavy (non-hydrogen) atoms. The van der Waals surface area contributed by atoms with E-state index < -0.39 is 0 Å². The number of aromatic nitrogens is 1. The van der Waals surface area contributed by atoms with Gasteiger partial charge < -0.3 is 11.1 Å². The van der Waals surface area contributed by atoms with E-state index in [4.69, 9.17) is 40.5 Å². The molecule has 2 aromatic rings. The monoisotopic (exact) mass is 301 g/mol. The number of halogens is 3. The summed E-state index contributed by atoms with van der Waals surface area (Å²) in [6.07, 6.45) is 0. The van der Waals surface area contributed by atoms with E-state index in [2.05, 4.69) is 10.3 Å². The summed E-state index contributed by atoms with van der Waals surface area (Å²) in [5.74, 6) is 0.537. The predicted molar refractivity (Wildman–Crippen MR) is 78.1 cm³/mol. The zero-order valence-corrected chi connectivity index (χ0v) is 11.7. The maximum atomic E-state index is 6.07. The largest absolute Gasteiger partial charge is 0.396 e. The van der Waals surface area contributed by atoms with Gasteiger partial charge in [0, 0.05) is 5.69 Å². The van der Waals surface area contributed by atoms with Crippen LogP contribution in [0.2, 0.25) is 15.1 Å². The van der Waals surface area contributed by atoms with Crippen LogP contribution in [0.3, 0.4) is 0 Å². The van der Waals surface area contributed by atoms with Gasteiger partial charge in [0.15, 0.2) is 5.82 Å². The highest BCUT2D eigenvalue weighted by atomic mass is 35.5. The first-order valence-electron chi connectivity index (χ1n) is 5.12. The molecule has 6 heteroatoms. The van der Waals surface area contributed by atoms with Gasteiger partial charge in [-0.3, -0.25) is 0 Å². The lowest BCUT2D eigenvalue weighted by Gasteiger charge is -2.11. The number of nitrogen functional groups attached to an aromatic ring is 1. The first-order valence-corrected chi connectivity index (χ1v) is 6.25. The number of pyridine rings is 1. The molecule has 1 aromatic heterocycles. The van der Waals surface area contributed by atoms with Gasteiger partial charge in [-0.05, 0) is 31.2 Å². The van der Waals surface area contributed by atoms with Crippen LogP contribution in [0.15, 0.2) is 24.3 Å². The van der Waals surface area contributed by atoms with Crippen LogP contribution >= 0.6 is 34.8 Å². The Morgan fingerprint density at radius 1 is 1.06 bits per heavy atom. The molecular weight excluding hydrogens is 293 g/mol. The van der Waals surface area contributed by atoms with Crippen molar-refractivity contribution >= 4 is 52.0 Å². The molecule has 0 bridgehead atoms. The Balaban J connectivity index is 2.40. The molecule has 0 saturated heterocycles. The van der Waals surface area contributed by atoms with E-state index in [0.717, 1.165) is 5.69 Å². The molecule has 1 heterocycles.